The van der Waals surface area contributed by atoms with Crippen molar-refractivity contribution in [2.45, 2.75) is 5.41 Å². The van der Waals surface area contributed by atoms with Gasteiger partial charge in [-0.25, -0.2) is 0 Å². The SMILES string of the molecule is c1ccc(-c2ccccc2-c2ccc3oc4c(-c5cccc(C6(c7ccccc7)c7ccccc7-c7ccccc76)c5)cc(-c5ccccc5-c5ccccc5)cc4c3c2)cc1. The molecule has 1 aromatic heterocycles. The molecule has 0 saturated heterocycles. The minimum atomic E-state index is -0.518. The van der Waals surface area contributed by atoms with Crippen molar-refractivity contribution < 1.29 is 4.42 Å². The second-order valence-corrected chi connectivity index (χ2v) is 16.3. The van der Waals surface area contributed by atoms with Gasteiger partial charge in [0.1, 0.15) is 11.2 Å². The molecule has 0 amide bonds. The van der Waals surface area contributed by atoms with E-state index >= 15 is 0 Å². The maximum Gasteiger partial charge on any atom is 0.143 e. The summed E-state index contributed by atoms with van der Waals surface area (Å²) in [5, 5.41) is 2.19. The van der Waals surface area contributed by atoms with Crippen molar-refractivity contribution in [1.82, 2.24) is 0 Å². The third-order valence-corrected chi connectivity index (χ3v) is 13.0. The van der Waals surface area contributed by atoms with E-state index in [2.05, 4.69) is 243 Å². The van der Waals surface area contributed by atoms with Crippen molar-refractivity contribution in [2.24, 2.45) is 0 Å². The summed E-state index contributed by atoms with van der Waals surface area (Å²) in [6, 6.07) is 88.4. The van der Waals surface area contributed by atoms with Gasteiger partial charge in [0.25, 0.3) is 0 Å². The molecule has 12 rings (SSSR count). The number of benzene rings is 10. The third kappa shape index (κ3) is 5.63. The van der Waals surface area contributed by atoms with Gasteiger partial charge < -0.3 is 4.42 Å². The van der Waals surface area contributed by atoms with Crippen LogP contribution in [-0.4, -0.2) is 0 Å². The van der Waals surface area contributed by atoms with E-state index < -0.39 is 5.41 Å². The zero-order valence-corrected chi connectivity index (χ0v) is 34.0. The predicted molar refractivity (Wildman–Crippen MR) is 258 cm³/mol. The van der Waals surface area contributed by atoms with Crippen LogP contribution in [0.4, 0.5) is 0 Å². The van der Waals surface area contributed by atoms with Crippen LogP contribution in [-0.2, 0) is 5.41 Å². The van der Waals surface area contributed by atoms with E-state index in [4.69, 9.17) is 4.42 Å². The van der Waals surface area contributed by atoms with Gasteiger partial charge in [-0.15, -0.1) is 0 Å². The molecule has 1 heterocycles. The lowest BCUT2D eigenvalue weighted by molar-refractivity contribution is 0.670. The Hall–Kier alpha value is -8.00. The molecule has 1 heteroatoms. The van der Waals surface area contributed by atoms with Crippen LogP contribution in [0.25, 0.3) is 88.7 Å². The molecule has 62 heavy (non-hydrogen) atoms. The minimum absolute atomic E-state index is 0.518. The fourth-order valence-electron chi connectivity index (χ4n) is 10.3. The second kappa shape index (κ2) is 14.6. The van der Waals surface area contributed by atoms with Gasteiger partial charge in [0.05, 0.1) is 5.41 Å². The van der Waals surface area contributed by atoms with E-state index in [9.17, 15) is 0 Å². The lowest BCUT2D eigenvalue weighted by Gasteiger charge is -2.34. The first-order valence-electron chi connectivity index (χ1n) is 21.4. The summed E-state index contributed by atoms with van der Waals surface area (Å²) in [5.74, 6) is 0. The Morgan fingerprint density at radius 2 is 0.694 bits per heavy atom. The molecule has 0 aliphatic heterocycles. The lowest BCUT2D eigenvalue weighted by Crippen LogP contribution is -2.28. The summed E-state index contributed by atoms with van der Waals surface area (Å²) in [5.41, 5.74) is 20.5. The van der Waals surface area contributed by atoms with Gasteiger partial charge in [0.15, 0.2) is 0 Å². The summed E-state index contributed by atoms with van der Waals surface area (Å²) >= 11 is 0. The van der Waals surface area contributed by atoms with Gasteiger partial charge in [0, 0.05) is 16.3 Å². The molecular formula is C61H40O. The zero-order chi connectivity index (χ0) is 41.0. The van der Waals surface area contributed by atoms with Crippen LogP contribution in [0.3, 0.4) is 0 Å². The first-order valence-corrected chi connectivity index (χ1v) is 21.4. The molecule has 1 nitrogen and oxygen atoms in total. The maximum absolute atomic E-state index is 7.04. The molecule has 0 N–H and O–H groups in total. The van der Waals surface area contributed by atoms with Gasteiger partial charge in [-0.1, -0.05) is 212 Å². The fraction of sp³-hybridized carbons (Fsp3) is 0.0164. The van der Waals surface area contributed by atoms with Crippen molar-refractivity contribution >= 4 is 21.9 Å². The molecule has 0 bridgehead atoms. The Kier molecular flexibility index (Phi) is 8.47. The quantitative estimate of drug-likeness (QED) is 0.157. The van der Waals surface area contributed by atoms with Crippen molar-refractivity contribution in [3.8, 4) is 66.8 Å². The van der Waals surface area contributed by atoms with Crippen LogP contribution in [0.15, 0.2) is 247 Å². The van der Waals surface area contributed by atoms with E-state index in [0.717, 1.165) is 44.2 Å². The van der Waals surface area contributed by atoms with Gasteiger partial charge in [-0.3, -0.25) is 0 Å². The number of furan rings is 1. The number of hydrogen-bond donors (Lipinski definition) is 0. The Labute approximate surface area is 361 Å². The van der Waals surface area contributed by atoms with E-state index in [1.807, 2.05) is 0 Å². The van der Waals surface area contributed by atoms with Crippen molar-refractivity contribution in [1.29, 1.82) is 0 Å². The normalized spacial score (nSPS) is 12.6. The molecule has 1 aliphatic carbocycles. The van der Waals surface area contributed by atoms with Crippen molar-refractivity contribution in [2.75, 3.05) is 0 Å². The minimum Gasteiger partial charge on any atom is -0.455 e. The highest BCUT2D eigenvalue weighted by Gasteiger charge is 2.46. The van der Waals surface area contributed by atoms with Gasteiger partial charge >= 0.3 is 0 Å². The molecule has 290 valence electrons. The first-order chi connectivity index (χ1) is 30.8. The first kappa shape index (κ1) is 35.9. The zero-order valence-electron chi connectivity index (χ0n) is 34.0. The number of fused-ring (bicyclic) bond motifs is 6. The van der Waals surface area contributed by atoms with E-state index in [1.165, 1.54) is 66.8 Å². The maximum atomic E-state index is 7.04. The highest BCUT2D eigenvalue weighted by atomic mass is 16.3. The molecule has 1 aliphatic rings. The van der Waals surface area contributed by atoms with Crippen LogP contribution in [0.1, 0.15) is 22.3 Å². The molecule has 10 aromatic carbocycles. The van der Waals surface area contributed by atoms with Gasteiger partial charge in [-0.2, -0.15) is 0 Å². The summed E-state index contributed by atoms with van der Waals surface area (Å²) in [6.07, 6.45) is 0. The lowest BCUT2D eigenvalue weighted by atomic mass is 9.67. The summed E-state index contributed by atoms with van der Waals surface area (Å²) in [4.78, 5) is 0. The van der Waals surface area contributed by atoms with Crippen LogP contribution in [0, 0.1) is 0 Å². The van der Waals surface area contributed by atoms with E-state index in [0.29, 0.717) is 0 Å². The average Bonchev–Trinajstić information content (AvgIpc) is 3.88. The summed E-state index contributed by atoms with van der Waals surface area (Å²) in [7, 11) is 0. The Bertz CT molecular complexity index is 3400. The highest BCUT2D eigenvalue weighted by molar-refractivity contribution is 6.13. The monoisotopic (exact) mass is 788 g/mol. The van der Waals surface area contributed by atoms with Crippen LogP contribution in [0.5, 0.6) is 0 Å². The van der Waals surface area contributed by atoms with E-state index in [1.54, 1.807) is 0 Å². The average molecular weight is 789 g/mol. The third-order valence-electron chi connectivity index (χ3n) is 13.0. The largest absolute Gasteiger partial charge is 0.455 e. The predicted octanol–water partition coefficient (Wildman–Crippen LogP) is 16.3. The van der Waals surface area contributed by atoms with Crippen LogP contribution in [0.2, 0.25) is 0 Å². The van der Waals surface area contributed by atoms with Crippen LogP contribution < -0.4 is 0 Å². The molecule has 0 unspecified atom stereocenters. The number of hydrogen-bond acceptors (Lipinski definition) is 1. The van der Waals surface area contributed by atoms with Crippen molar-refractivity contribution in [3.63, 3.8) is 0 Å². The van der Waals surface area contributed by atoms with E-state index in [-0.39, 0.29) is 0 Å². The topological polar surface area (TPSA) is 13.1 Å². The standard InChI is InChI=1S/C61H40O/c1-4-19-41(20-5-1)48-27-10-12-29-50(48)44-35-36-59-55(38-44)56-40-45(51-30-13-11-28-49(51)42-21-6-2-7-22-42)39-54(60(56)62-59)43-23-18-26-47(37-43)61(46-24-8-3-9-25-46)57-33-16-14-31-52(57)53-32-15-17-34-58(53)61/h1-40H. The molecule has 0 spiro atoms. The molecule has 0 fully saturated rings. The van der Waals surface area contributed by atoms with Crippen LogP contribution >= 0.6 is 0 Å². The van der Waals surface area contributed by atoms with Gasteiger partial charge in [-0.05, 0) is 114 Å². The summed E-state index contributed by atoms with van der Waals surface area (Å²) < 4.78 is 7.04. The number of rotatable bonds is 7. The molecule has 0 atom stereocenters. The Morgan fingerprint density at radius 3 is 1.29 bits per heavy atom. The van der Waals surface area contributed by atoms with Gasteiger partial charge in [0.2, 0.25) is 0 Å². The Morgan fingerprint density at radius 1 is 0.258 bits per heavy atom. The fourth-order valence-corrected chi connectivity index (χ4v) is 10.3. The highest BCUT2D eigenvalue weighted by Crippen LogP contribution is 2.56. The molecular weight excluding hydrogens is 749 g/mol. The molecule has 11 aromatic rings. The molecule has 0 saturated carbocycles. The van der Waals surface area contributed by atoms with Crippen molar-refractivity contribution in [3.05, 3.63) is 265 Å². The Balaban J connectivity index is 1.12. The molecule has 0 radical (unpaired) electrons. The smallest absolute Gasteiger partial charge is 0.143 e. The second-order valence-electron chi connectivity index (χ2n) is 16.3. The summed E-state index contributed by atoms with van der Waals surface area (Å²) in [6.45, 7) is 0.